The van der Waals surface area contributed by atoms with Crippen molar-refractivity contribution in [2.45, 2.75) is 6.42 Å². The van der Waals surface area contributed by atoms with Gasteiger partial charge in [0.25, 0.3) is 0 Å². The number of carbonyl (C=O) groups is 1. The zero-order valence-electron chi connectivity index (χ0n) is 6.23. The van der Waals surface area contributed by atoms with E-state index in [4.69, 9.17) is 0 Å². The average Bonchev–Trinajstić information content (AvgIpc) is 2.07. The van der Waals surface area contributed by atoms with Crippen LogP contribution in [-0.2, 0) is 0 Å². The second kappa shape index (κ2) is 2.59. The number of rotatable bonds is 0. The molecule has 0 saturated carbocycles. The lowest BCUT2D eigenvalue weighted by atomic mass is 10.0. The lowest BCUT2D eigenvalue weighted by Gasteiger charge is -2.14. The maximum atomic E-state index is 12.7. The zero-order chi connectivity index (χ0) is 8.55. The molecule has 1 aliphatic rings. The summed E-state index contributed by atoms with van der Waals surface area (Å²) < 4.78 is 12.7. The van der Waals surface area contributed by atoms with Gasteiger partial charge in [-0.2, -0.15) is 0 Å². The van der Waals surface area contributed by atoms with Gasteiger partial charge in [0, 0.05) is 17.7 Å². The summed E-state index contributed by atoms with van der Waals surface area (Å²) in [5, 5.41) is 2.78. The first-order valence-electron chi connectivity index (χ1n) is 3.59. The third kappa shape index (κ3) is 1.07. The topological polar surface area (TPSA) is 29.1 Å². The molecule has 1 N–H and O–H groups in total. The highest BCUT2D eigenvalue weighted by molar-refractivity contribution is 6.03. The Morgan fingerprint density at radius 3 is 3.17 bits per heavy atom. The fraction of sp³-hybridized carbons (Fsp3) is 0.111. The van der Waals surface area contributed by atoms with Gasteiger partial charge >= 0.3 is 0 Å². The van der Waals surface area contributed by atoms with Gasteiger partial charge in [-0.1, -0.05) is 0 Å². The normalized spacial score (nSPS) is 15.2. The number of halogens is 1. The van der Waals surface area contributed by atoms with Gasteiger partial charge < -0.3 is 5.32 Å². The second-order valence-electron chi connectivity index (χ2n) is 2.59. The molecule has 2 nitrogen and oxygen atoms in total. The molecule has 0 saturated heterocycles. The molecule has 0 fully saturated rings. The largest absolute Gasteiger partial charge is 0.374 e. The summed E-state index contributed by atoms with van der Waals surface area (Å²) in [6.07, 6.45) is 0.205. The van der Waals surface area contributed by atoms with E-state index in [1.54, 1.807) is 0 Å². The van der Waals surface area contributed by atoms with E-state index in [0.717, 1.165) is 0 Å². The second-order valence-corrected chi connectivity index (χ2v) is 2.59. The summed E-state index contributed by atoms with van der Waals surface area (Å²) in [6, 6.07) is 4.09. The molecule has 2 radical (unpaired) electrons. The summed E-state index contributed by atoms with van der Waals surface area (Å²) in [5.74, 6) is -0.478. The van der Waals surface area contributed by atoms with Crippen molar-refractivity contribution in [1.82, 2.24) is 0 Å². The first-order chi connectivity index (χ1) is 5.77. The van der Waals surface area contributed by atoms with Gasteiger partial charge in [0.1, 0.15) is 5.82 Å². The average molecular weight is 163 g/mol. The van der Waals surface area contributed by atoms with Crippen LogP contribution >= 0.6 is 0 Å². The van der Waals surface area contributed by atoms with Crippen molar-refractivity contribution in [1.29, 1.82) is 0 Å². The molecular formula is C9H6FNO. The molecule has 1 heterocycles. The molecule has 0 bridgehead atoms. The Bertz CT molecular complexity index is 335. The molecule has 0 amide bonds. The van der Waals surface area contributed by atoms with E-state index in [-0.39, 0.29) is 18.0 Å². The van der Waals surface area contributed by atoms with Crippen molar-refractivity contribution in [3.8, 4) is 0 Å². The minimum Gasteiger partial charge on any atom is -0.374 e. The summed E-state index contributed by atoms with van der Waals surface area (Å²) in [7, 11) is 0. The number of carbonyl (C=O) groups excluding carboxylic acids is 1. The van der Waals surface area contributed by atoms with Gasteiger partial charge in [-0.05, 0) is 18.2 Å². The molecule has 1 aromatic carbocycles. The van der Waals surface area contributed by atoms with Crippen LogP contribution in [0, 0.1) is 12.4 Å². The van der Waals surface area contributed by atoms with Crippen LogP contribution in [0.4, 0.5) is 10.1 Å². The molecule has 2 rings (SSSR count). The third-order valence-electron chi connectivity index (χ3n) is 1.75. The van der Waals surface area contributed by atoms with E-state index in [1.165, 1.54) is 18.2 Å². The van der Waals surface area contributed by atoms with Crippen LogP contribution in [-0.4, -0.2) is 5.78 Å². The number of fused-ring (bicyclic) bond motifs is 1. The maximum absolute atomic E-state index is 12.7. The Morgan fingerprint density at radius 1 is 1.50 bits per heavy atom. The maximum Gasteiger partial charge on any atom is 0.167 e. The molecule has 3 heteroatoms. The molecule has 60 valence electrons. The Hall–Kier alpha value is -1.38. The summed E-state index contributed by atoms with van der Waals surface area (Å²) in [6.45, 7) is 2.69. The van der Waals surface area contributed by atoms with Crippen molar-refractivity contribution in [2.24, 2.45) is 0 Å². The van der Waals surface area contributed by atoms with Crippen molar-refractivity contribution < 1.29 is 9.18 Å². The van der Waals surface area contributed by atoms with E-state index in [1.807, 2.05) is 0 Å². The monoisotopic (exact) mass is 163 g/mol. The van der Waals surface area contributed by atoms with Crippen LogP contribution in [0.1, 0.15) is 16.8 Å². The Morgan fingerprint density at radius 2 is 2.33 bits per heavy atom. The summed E-state index contributed by atoms with van der Waals surface area (Å²) in [4.78, 5) is 11.2. The van der Waals surface area contributed by atoms with Gasteiger partial charge in [0.15, 0.2) is 5.78 Å². The SMILES string of the molecule is O=C1C[C]Nc2ccc(F)cc21. The lowest BCUT2D eigenvalue weighted by molar-refractivity contribution is 0.0989. The number of hydrogen-bond acceptors (Lipinski definition) is 2. The molecule has 1 aromatic rings. The molecule has 0 atom stereocenters. The Labute approximate surface area is 69.4 Å². The van der Waals surface area contributed by atoms with Crippen molar-refractivity contribution >= 4 is 11.5 Å². The fourth-order valence-electron chi connectivity index (χ4n) is 1.17. The highest BCUT2D eigenvalue weighted by Gasteiger charge is 2.17. The molecule has 0 unspecified atom stereocenters. The number of Topliss-reactive ketones (excluding diaryl/α,β-unsaturated/α-hetero) is 1. The molecule has 1 aliphatic heterocycles. The van der Waals surface area contributed by atoms with Gasteiger partial charge in [0.05, 0.1) is 6.54 Å². The predicted octanol–water partition coefficient (Wildman–Crippen LogP) is 1.86. The molecular weight excluding hydrogens is 157 g/mol. The first-order valence-corrected chi connectivity index (χ1v) is 3.59. The first kappa shape index (κ1) is 7.28. The Kier molecular flexibility index (Phi) is 1.57. The van der Waals surface area contributed by atoms with E-state index in [9.17, 15) is 9.18 Å². The van der Waals surface area contributed by atoms with Gasteiger partial charge in [-0.15, -0.1) is 0 Å². The van der Waals surface area contributed by atoms with Crippen molar-refractivity contribution in [2.75, 3.05) is 5.32 Å². The van der Waals surface area contributed by atoms with E-state index in [2.05, 4.69) is 11.9 Å². The number of benzene rings is 1. The van der Waals surface area contributed by atoms with Crippen LogP contribution in [0.15, 0.2) is 18.2 Å². The summed E-state index contributed by atoms with van der Waals surface area (Å²) >= 11 is 0. The number of nitrogens with one attached hydrogen (secondary N) is 1. The van der Waals surface area contributed by atoms with Gasteiger partial charge in [-0.25, -0.2) is 4.39 Å². The highest BCUT2D eigenvalue weighted by atomic mass is 19.1. The van der Waals surface area contributed by atoms with Crippen molar-refractivity contribution in [3.63, 3.8) is 0 Å². The van der Waals surface area contributed by atoms with E-state index in [0.29, 0.717) is 11.3 Å². The summed E-state index contributed by atoms with van der Waals surface area (Å²) in [5.41, 5.74) is 1.04. The number of anilines is 1. The third-order valence-corrected chi connectivity index (χ3v) is 1.75. The number of ketones is 1. The van der Waals surface area contributed by atoms with Crippen LogP contribution in [0.5, 0.6) is 0 Å². The fourth-order valence-corrected chi connectivity index (χ4v) is 1.17. The lowest BCUT2D eigenvalue weighted by Crippen LogP contribution is -2.13. The van der Waals surface area contributed by atoms with Crippen molar-refractivity contribution in [3.05, 3.63) is 36.1 Å². The minimum atomic E-state index is -0.384. The van der Waals surface area contributed by atoms with E-state index < -0.39 is 0 Å². The van der Waals surface area contributed by atoms with Crippen LogP contribution in [0.2, 0.25) is 0 Å². The Balaban J connectivity index is 2.54. The van der Waals surface area contributed by atoms with Gasteiger partial charge in [0.2, 0.25) is 0 Å². The van der Waals surface area contributed by atoms with Crippen LogP contribution in [0.3, 0.4) is 0 Å². The minimum absolute atomic E-state index is 0.0942. The van der Waals surface area contributed by atoms with Crippen LogP contribution in [0.25, 0.3) is 0 Å². The quantitative estimate of drug-likeness (QED) is 0.632. The zero-order valence-corrected chi connectivity index (χ0v) is 6.23. The van der Waals surface area contributed by atoms with Crippen LogP contribution < -0.4 is 5.32 Å². The predicted molar refractivity (Wildman–Crippen MR) is 42.2 cm³/mol. The van der Waals surface area contributed by atoms with E-state index >= 15 is 0 Å². The molecule has 0 aliphatic carbocycles. The highest BCUT2D eigenvalue weighted by Crippen LogP contribution is 2.23. The number of hydrogen-bond donors (Lipinski definition) is 1. The molecule has 0 aromatic heterocycles. The standard InChI is InChI=1S/C9H6FNO/c10-6-1-2-8-7(5-6)9(12)3-4-11-8/h1-2,5,11H,3H2. The van der Waals surface area contributed by atoms with Gasteiger partial charge in [-0.3, -0.25) is 4.79 Å². The molecule has 0 spiro atoms. The smallest absolute Gasteiger partial charge is 0.167 e. The molecule has 12 heavy (non-hydrogen) atoms.